The van der Waals surface area contributed by atoms with Crippen molar-refractivity contribution in [2.75, 3.05) is 14.1 Å². The molecule has 2 nitrogen and oxygen atoms in total. The second kappa shape index (κ2) is 3.18. The first-order valence-electron chi connectivity index (χ1n) is 3.75. The molecule has 0 atom stereocenters. The molecule has 0 bridgehead atoms. The summed E-state index contributed by atoms with van der Waals surface area (Å²) in [7, 11) is 4.11. The summed E-state index contributed by atoms with van der Waals surface area (Å²) in [6.07, 6.45) is 5.57. The van der Waals surface area contributed by atoms with E-state index in [4.69, 9.17) is 0 Å². The minimum atomic E-state index is 0.801. The standard InChI is InChI=1S/C7H16N2/c1-8-9(2)7-5-3-4-6-7/h7-8H,3-6H2,1-2H3. The van der Waals surface area contributed by atoms with Crippen LogP contribution in [0.1, 0.15) is 25.7 Å². The van der Waals surface area contributed by atoms with E-state index < -0.39 is 0 Å². The monoisotopic (exact) mass is 128 g/mol. The van der Waals surface area contributed by atoms with Crippen LogP contribution in [0.25, 0.3) is 0 Å². The Bertz CT molecular complexity index is 77.0. The fraction of sp³-hybridized carbons (Fsp3) is 1.00. The normalized spacial score (nSPS) is 21.7. The predicted octanol–water partition coefficient (Wildman–Crippen LogP) is 0.995. The molecule has 1 aliphatic carbocycles. The molecule has 0 amide bonds. The lowest BCUT2D eigenvalue weighted by Crippen LogP contribution is -2.38. The van der Waals surface area contributed by atoms with E-state index in [0.29, 0.717) is 0 Å². The van der Waals surface area contributed by atoms with Gasteiger partial charge in [0.15, 0.2) is 0 Å². The lowest BCUT2D eigenvalue weighted by atomic mass is 10.2. The summed E-state index contributed by atoms with van der Waals surface area (Å²) in [6.45, 7) is 0. The van der Waals surface area contributed by atoms with Gasteiger partial charge in [0.05, 0.1) is 0 Å². The molecule has 1 saturated carbocycles. The molecular formula is C7H16N2. The number of hydrogen-bond donors (Lipinski definition) is 1. The van der Waals surface area contributed by atoms with Crippen molar-refractivity contribution in [1.82, 2.24) is 10.4 Å². The molecule has 0 unspecified atom stereocenters. The summed E-state index contributed by atoms with van der Waals surface area (Å²) < 4.78 is 0. The molecule has 0 saturated heterocycles. The molecule has 1 aliphatic rings. The van der Waals surface area contributed by atoms with Gasteiger partial charge in [-0.3, -0.25) is 5.43 Å². The number of hydrogen-bond acceptors (Lipinski definition) is 2. The van der Waals surface area contributed by atoms with Gasteiger partial charge in [0, 0.05) is 13.1 Å². The maximum absolute atomic E-state index is 3.14. The summed E-state index contributed by atoms with van der Waals surface area (Å²) >= 11 is 0. The molecule has 1 N–H and O–H groups in total. The van der Waals surface area contributed by atoms with E-state index in [2.05, 4.69) is 17.5 Å². The Hall–Kier alpha value is -0.0800. The van der Waals surface area contributed by atoms with Gasteiger partial charge in [-0.2, -0.15) is 0 Å². The molecule has 0 aromatic rings. The Morgan fingerprint density at radius 2 is 1.89 bits per heavy atom. The molecule has 0 aliphatic heterocycles. The molecule has 54 valence electrons. The van der Waals surface area contributed by atoms with E-state index in [-0.39, 0.29) is 0 Å². The SMILES string of the molecule is CNN(C)C1CCCC1. The van der Waals surface area contributed by atoms with Crippen LogP contribution in [0, 0.1) is 0 Å². The smallest absolute Gasteiger partial charge is 0.0240 e. The quantitative estimate of drug-likeness (QED) is 0.558. The van der Waals surface area contributed by atoms with Gasteiger partial charge in [-0.15, -0.1) is 0 Å². The third kappa shape index (κ3) is 1.66. The molecule has 9 heavy (non-hydrogen) atoms. The third-order valence-electron chi connectivity index (χ3n) is 2.23. The molecule has 0 spiro atoms. The first-order valence-corrected chi connectivity index (χ1v) is 3.75. The number of nitrogens with one attached hydrogen (secondary N) is 1. The zero-order valence-electron chi connectivity index (χ0n) is 6.35. The summed E-state index contributed by atoms with van der Waals surface area (Å²) in [5, 5.41) is 2.22. The van der Waals surface area contributed by atoms with E-state index in [1.54, 1.807) is 0 Å². The Kier molecular flexibility index (Phi) is 2.49. The molecule has 0 aromatic heterocycles. The fourth-order valence-electron chi connectivity index (χ4n) is 1.47. The van der Waals surface area contributed by atoms with Crippen LogP contribution in [0.4, 0.5) is 0 Å². The van der Waals surface area contributed by atoms with Crippen LogP contribution in [0.3, 0.4) is 0 Å². The highest BCUT2D eigenvalue weighted by atomic mass is 15.5. The topological polar surface area (TPSA) is 15.3 Å². The van der Waals surface area contributed by atoms with Crippen molar-refractivity contribution in [2.24, 2.45) is 0 Å². The summed E-state index contributed by atoms with van der Waals surface area (Å²) in [4.78, 5) is 0. The van der Waals surface area contributed by atoms with Crippen molar-refractivity contribution < 1.29 is 0 Å². The van der Waals surface area contributed by atoms with Gasteiger partial charge >= 0.3 is 0 Å². The summed E-state index contributed by atoms with van der Waals surface area (Å²) in [6, 6.07) is 0.801. The first-order chi connectivity index (χ1) is 4.34. The Morgan fingerprint density at radius 3 is 2.33 bits per heavy atom. The van der Waals surface area contributed by atoms with Crippen LogP contribution >= 0.6 is 0 Å². The average molecular weight is 128 g/mol. The molecule has 1 rings (SSSR count). The van der Waals surface area contributed by atoms with Crippen molar-refractivity contribution in [1.29, 1.82) is 0 Å². The molecule has 0 aromatic carbocycles. The summed E-state index contributed by atoms with van der Waals surface area (Å²) in [5.74, 6) is 0. The maximum atomic E-state index is 3.14. The number of nitrogens with zero attached hydrogens (tertiary/aromatic N) is 1. The lowest BCUT2D eigenvalue weighted by Gasteiger charge is -2.22. The Balaban J connectivity index is 2.24. The van der Waals surface area contributed by atoms with Gasteiger partial charge in [0.25, 0.3) is 0 Å². The van der Waals surface area contributed by atoms with Gasteiger partial charge < -0.3 is 0 Å². The number of hydrazine groups is 1. The van der Waals surface area contributed by atoms with E-state index in [0.717, 1.165) is 6.04 Å². The zero-order chi connectivity index (χ0) is 6.69. The van der Waals surface area contributed by atoms with Crippen LogP contribution in [0.15, 0.2) is 0 Å². The zero-order valence-corrected chi connectivity index (χ0v) is 6.35. The fourth-order valence-corrected chi connectivity index (χ4v) is 1.47. The van der Waals surface area contributed by atoms with Gasteiger partial charge in [0.1, 0.15) is 0 Å². The van der Waals surface area contributed by atoms with E-state index in [1.165, 1.54) is 25.7 Å². The minimum absolute atomic E-state index is 0.801. The second-order valence-corrected chi connectivity index (χ2v) is 2.77. The Labute approximate surface area is 57.2 Å². The largest absolute Gasteiger partial charge is 0.258 e. The van der Waals surface area contributed by atoms with Gasteiger partial charge in [-0.25, -0.2) is 5.01 Å². The lowest BCUT2D eigenvalue weighted by molar-refractivity contribution is 0.184. The minimum Gasteiger partial charge on any atom is -0.258 e. The van der Waals surface area contributed by atoms with Crippen LogP contribution in [0.2, 0.25) is 0 Å². The third-order valence-corrected chi connectivity index (χ3v) is 2.23. The van der Waals surface area contributed by atoms with Crippen molar-refractivity contribution in [3.05, 3.63) is 0 Å². The first kappa shape index (κ1) is 7.03. The van der Waals surface area contributed by atoms with Crippen molar-refractivity contribution in [3.8, 4) is 0 Å². The van der Waals surface area contributed by atoms with Crippen molar-refractivity contribution >= 4 is 0 Å². The molecule has 1 fully saturated rings. The highest BCUT2D eigenvalue weighted by molar-refractivity contribution is 4.72. The van der Waals surface area contributed by atoms with E-state index in [9.17, 15) is 0 Å². The van der Waals surface area contributed by atoms with Gasteiger partial charge in [0.2, 0.25) is 0 Å². The van der Waals surface area contributed by atoms with Gasteiger partial charge in [-0.05, 0) is 19.9 Å². The molecule has 0 heterocycles. The highest BCUT2D eigenvalue weighted by Gasteiger charge is 2.17. The summed E-state index contributed by atoms with van der Waals surface area (Å²) in [5.41, 5.74) is 3.14. The van der Waals surface area contributed by atoms with E-state index in [1.807, 2.05) is 7.05 Å². The average Bonchev–Trinajstić information content (AvgIpc) is 2.37. The van der Waals surface area contributed by atoms with Crippen molar-refractivity contribution in [2.45, 2.75) is 31.7 Å². The maximum Gasteiger partial charge on any atom is 0.0240 e. The number of rotatable bonds is 2. The van der Waals surface area contributed by atoms with E-state index >= 15 is 0 Å². The van der Waals surface area contributed by atoms with Crippen molar-refractivity contribution in [3.63, 3.8) is 0 Å². The molecular weight excluding hydrogens is 112 g/mol. The van der Waals surface area contributed by atoms with Gasteiger partial charge in [-0.1, -0.05) is 12.8 Å². The van der Waals surface area contributed by atoms with Crippen LogP contribution in [0.5, 0.6) is 0 Å². The van der Waals surface area contributed by atoms with Crippen LogP contribution in [-0.4, -0.2) is 25.1 Å². The second-order valence-electron chi connectivity index (χ2n) is 2.77. The molecule has 2 heteroatoms. The Morgan fingerprint density at radius 1 is 1.33 bits per heavy atom. The highest BCUT2D eigenvalue weighted by Crippen LogP contribution is 2.20. The van der Waals surface area contributed by atoms with Crippen LogP contribution in [-0.2, 0) is 0 Å². The molecule has 0 radical (unpaired) electrons. The van der Waals surface area contributed by atoms with Crippen LogP contribution < -0.4 is 5.43 Å². The predicted molar refractivity (Wildman–Crippen MR) is 39.1 cm³/mol.